The smallest absolute Gasteiger partial charge is 0.422 e. The molecule has 278 valence electrons. The van der Waals surface area contributed by atoms with Gasteiger partial charge in [-0.3, -0.25) is 23.9 Å². The predicted molar refractivity (Wildman–Crippen MR) is 174 cm³/mol. The number of rotatable bonds is 11. The van der Waals surface area contributed by atoms with Gasteiger partial charge in [-0.15, -0.1) is 0 Å². The molecule has 0 aliphatic carbocycles. The Balaban J connectivity index is 1.26. The van der Waals surface area contributed by atoms with Crippen molar-refractivity contribution in [1.82, 2.24) is 39.3 Å². The van der Waals surface area contributed by atoms with E-state index in [-0.39, 0.29) is 72.3 Å². The second-order valence-electron chi connectivity index (χ2n) is 12.1. The summed E-state index contributed by atoms with van der Waals surface area (Å²) < 4.78 is 90.3. The fourth-order valence-electron chi connectivity index (χ4n) is 5.82. The molecule has 53 heavy (non-hydrogen) atoms. The molecular formula is C34H30F6N8O5. The minimum Gasteiger partial charge on any atom is -0.484 e. The molecular weight excluding hydrogens is 714 g/mol. The normalized spacial score (nSPS) is 15.5. The second kappa shape index (κ2) is 15.0. The van der Waals surface area contributed by atoms with E-state index < -0.39 is 54.4 Å². The van der Waals surface area contributed by atoms with Crippen LogP contribution in [0.25, 0.3) is 16.7 Å². The number of ether oxygens (including phenoxy) is 2. The second-order valence-corrected chi connectivity index (χ2v) is 12.1. The molecule has 1 aliphatic heterocycles. The van der Waals surface area contributed by atoms with Crippen molar-refractivity contribution in [1.29, 1.82) is 0 Å². The molecule has 6 rings (SSSR count). The summed E-state index contributed by atoms with van der Waals surface area (Å²) in [5.41, 5.74) is -1.55. The Hall–Kier alpha value is -5.85. The van der Waals surface area contributed by atoms with E-state index in [2.05, 4.69) is 20.2 Å². The molecule has 3 aromatic heterocycles. The van der Waals surface area contributed by atoms with E-state index in [0.29, 0.717) is 0 Å². The van der Waals surface area contributed by atoms with Crippen LogP contribution in [-0.2, 0) is 24.1 Å². The molecule has 1 atom stereocenters. The number of alkyl halides is 6. The van der Waals surface area contributed by atoms with Gasteiger partial charge in [-0.25, -0.2) is 9.97 Å². The van der Waals surface area contributed by atoms with Crippen molar-refractivity contribution in [2.24, 2.45) is 0 Å². The number of halogens is 6. The molecule has 0 bridgehead atoms. The lowest BCUT2D eigenvalue weighted by atomic mass is 10.1. The maximum atomic E-state index is 14.1. The van der Waals surface area contributed by atoms with Gasteiger partial charge in [-0.1, -0.05) is 0 Å². The molecule has 1 saturated heterocycles. The van der Waals surface area contributed by atoms with Crippen LogP contribution >= 0.6 is 0 Å². The van der Waals surface area contributed by atoms with E-state index in [1.807, 2.05) is 4.90 Å². The third kappa shape index (κ3) is 8.79. The molecule has 0 radical (unpaired) electrons. The first-order chi connectivity index (χ1) is 25.2. The van der Waals surface area contributed by atoms with Gasteiger partial charge in [-0.2, -0.15) is 41.3 Å². The molecule has 2 aromatic carbocycles. The number of hydrogen-bond donors (Lipinski definition) is 0. The highest BCUT2D eigenvalue weighted by Crippen LogP contribution is 2.31. The Bertz CT molecular complexity index is 2160. The van der Waals surface area contributed by atoms with Crippen LogP contribution in [0.4, 0.5) is 26.3 Å². The Morgan fingerprint density at radius 2 is 1.66 bits per heavy atom. The fourth-order valence-corrected chi connectivity index (χ4v) is 5.82. The standard InChI is InChI=1S/C34H30F6N8O5/c1-21-16-45(13-14-46(21)30(50)19-52-24-7-5-23(6-8-24)34(38,39)40)18-29-44-31-25(3-2-10-41-31)32(51)48(29)26-15-22(27(49)17-47-42-11-12-43-47)4-9-28(26)53-20-33(35,36)37/h2-12,15,21H,13-14,16-20H2,1H3/t21-/m0/s1. The van der Waals surface area contributed by atoms with Crippen LogP contribution in [0.3, 0.4) is 0 Å². The number of aromatic nitrogens is 6. The van der Waals surface area contributed by atoms with E-state index >= 15 is 0 Å². The zero-order chi connectivity index (χ0) is 37.9. The van der Waals surface area contributed by atoms with Crippen LogP contribution in [0, 0.1) is 0 Å². The first kappa shape index (κ1) is 36.9. The number of fused-ring (bicyclic) bond motifs is 1. The monoisotopic (exact) mass is 744 g/mol. The number of ketones is 1. The third-order valence-electron chi connectivity index (χ3n) is 8.32. The summed E-state index contributed by atoms with van der Waals surface area (Å²) in [6, 6.07) is 10.3. The minimum atomic E-state index is -4.72. The third-order valence-corrected chi connectivity index (χ3v) is 8.32. The summed E-state index contributed by atoms with van der Waals surface area (Å²) in [5.74, 6) is -1.06. The topological polar surface area (TPSA) is 138 Å². The van der Waals surface area contributed by atoms with E-state index in [9.17, 15) is 40.7 Å². The summed E-state index contributed by atoms with van der Waals surface area (Å²) in [4.78, 5) is 53.7. The summed E-state index contributed by atoms with van der Waals surface area (Å²) in [5, 5.41) is 7.89. The number of benzene rings is 2. The van der Waals surface area contributed by atoms with Crippen LogP contribution in [0.15, 0.2) is 78.0 Å². The number of Topliss-reactive ketones (excluding diaryl/α,β-unsaturated/α-hetero) is 1. The molecule has 0 N–H and O–H groups in total. The number of amides is 1. The van der Waals surface area contributed by atoms with Gasteiger partial charge in [0.2, 0.25) is 0 Å². The molecule has 1 fully saturated rings. The Morgan fingerprint density at radius 3 is 2.34 bits per heavy atom. The lowest BCUT2D eigenvalue weighted by Gasteiger charge is -2.39. The average Bonchev–Trinajstić information content (AvgIpc) is 3.62. The molecule has 4 heterocycles. The fraction of sp³-hybridized carbons (Fsp3) is 0.324. The van der Waals surface area contributed by atoms with E-state index in [4.69, 9.17) is 9.47 Å². The zero-order valence-corrected chi connectivity index (χ0v) is 27.8. The average molecular weight is 745 g/mol. The quantitative estimate of drug-likeness (QED) is 0.142. The molecule has 0 unspecified atom stereocenters. The van der Waals surface area contributed by atoms with Crippen molar-refractivity contribution in [2.45, 2.75) is 38.4 Å². The molecule has 0 saturated carbocycles. The predicted octanol–water partition coefficient (Wildman–Crippen LogP) is 4.33. The molecule has 13 nitrogen and oxygen atoms in total. The van der Waals surface area contributed by atoms with Crippen LogP contribution in [0.1, 0.15) is 28.7 Å². The van der Waals surface area contributed by atoms with Crippen molar-refractivity contribution in [2.75, 3.05) is 32.8 Å². The molecule has 1 aliphatic rings. The molecule has 1 amide bonds. The lowest BCUT2D eigenvalue weighted by Crippen LogP contribution is -2.55. The van der Waals surface area contributed by atoms with Crippen molar-refractivity contribution < 1.29 is 45.4 Å². The van der Waals surface area contributed by atoms with Gasteiger partial charge in [0.25, 0.3) is 11.5 Å². The molecule has 5 aromatic rings. The van der Waals surface area contributed by atoms with E-state index in [1.54, 1.807) is 11.8 Å². The number of carbonyl (C=O) groups is 2. The Morgan fingerprint density at radius 1 is 0.925 bits per heavy atom. The highest BCUT2D eigenvalue weighted by Gasteiger charge is 2.32. The van der Waals surface area contributed by atoms with Gasteiger partial charge >= 0.3 is 12.4 Å². The lowest BCUT2D eigenvalue weighted by molar-refractivity contribution is -0.153. The SMILES string of the molecule is C[C@H]1CN(Cc2nc3ncccc3c(=O)n2-c2cc(C(=O)Cn3nccn3)ccc2OCC(F)(F)F)CCN1C(=O)COc1ccc(C(F)(F)F)cc1. The Labute approximate surface area is 296 Å². The van der Waals surface area contributed by atoms with Crippen LogP contribution in [0.5, 0.6) is 11.5 Å². The van der Waals surface area contributed by atoms with Crippen LogP contribution in [0.2, 0.25) is 0 Å². The van der Waals surface area contributed by atoms with Crippen molar-refractivity contribution in [3.8, 4) is 17.2 Å². The summed E-state index contributed by atoms with van der Waals surface area (Å²) >= 11 is 0. The van der Waals surface area contributed by atoms with E-state index in [0.717, 1.165) is 33.6 Å². The largest absolute Gasteiger partial charge is 0.484 e. The van der Waals surface area contributed by atoms with Crippen LogP contribution in [-0.4, -0.2) is 96.1 Å². The number of nitrogens with zero attached hydrogens (tertiary/aromatic N) is 8. The number of piperazine rings is 1. The van der Waals surface area contributed by atoms with Crippen molar-refractivity contribution in [3.05, 3.63) is 100 Å². The number of carbonyl (C=O) groups excluding carboxylic acids is 2. The maximum absolute atomic E-state index is 14.1. The summed E-state index contributed by atoms with van der Waals surface area (Å²) in [6.07, 6.45) is -5.04. The van der Waals surface area contributed by atoms with Gasteiger partial charge in [0.15, 0.2) is 24.6 Å². The van der Waals surface area contributed by atoms with E-state index in [1.165, 1.54) is 48.9 Å². The van der Waals surface area contributed by atoms with Gasteiger partial charge in [0.1, 0.15) is 23.9 Å². The zero-order valence-electron chi connectivity index (χ0n) is 27.8. The van der Waals surface area contributed by atoms with Gasteiger partial charge < -0.3 is 14.4 Å². The minimum absolute atomic E-state index is 0.0235. The van der Waals surface area contributed by atoms with Gasteiger partial charge in [0, 0.05) is 37.4 Å². The summed E-state index contributed by atoms with van der Waals surface area (Å²) in [7, 11) is 0. The number of hydrogen-bond acceptors (Lipinski definition) is 10. The molecule has 19 heteroatoms. The summed E-state index contributed by atoms with van der Waals surface area (Å²) in [6.45, 7) is 0.132. The van der Waals surface area contributed by atoms with Gasteiger partial charge in [0.05, 0.1) is 35.6 Å². The maximum Gasteiger partial charge on any atom is 0.422 e. The van der Waals surface area contributed by atoms with Crippen LogP contribution < -0.4 is 15.0 Å². The Kier molecular flexibility index (Phi) is 10.5. The highest BCUT2D eigenvalue weighted by atomic mass is 19.4. The van der Waals surface area contributed by atoms with Gasteiger partial charge in [-0.05, 0) is 61.5 Å². The number of pyridine rings is 1. The molecule has 0 spiro atoms. The first-order valence-corrected chi connectivity index (χ1v) is 16.1. The van der Waals surface area contributed by atoms with Crippen molar-refractivity contribution in [3.63, 3.8) is 0 Å². The first-order valence-electron chi connectivity index (χ1n) is 16.1. The van der Waals surface area contributed by atoms with Crippen molar-refractivity contribution >= 4 is 22.7 Å². The highest BCUT2D eigenvalue weighted by molar-refractivity contribution is 5.96.